The van der Waals surface area contributed by atoms with E-state index in [1.807, 2.05) is 4.90 Å². The number of aromatic nitrogens is 2. The van der Waals surface area contributed by atoms with E-state index in [0.717, 1.165) is 25.7 Å². The van der Waals surface area contributed by atoms with Crippen LogP contribution in [0.4, 0.5) is 5.82 Å². The first-order valence-corrected chi connectivity index (χ1v) is 7.43. The Bertz CT molecular complexity index is 606. The molecule has 3 rings (SSSR count). The number of amides is 2. The van der Waals surface area contributed by atoms with Gasteiger partial charge in [-0.1, -0.05) is 12.8 Å². The van der Waals surface area contributed by atoms with E-state index in [4.69, 9.17) is 5.11 Å². The second kappa shape index (κ2) is 5.78. The second-order valence-corrected chi connectivity index (χ2v) is 5.85. The maximum absolute atomic E-state index is 12.2. The lowest BCUT2D eigenvalue weighted by atomic mass is 10.1. The van der Waals surface area contributed by atoms with Crippen molar-refractivity contribution in [2.75, 3.05) is 11.9 Å². The minimum Gasteiger partial charge on any atom is -0.477 e. The molecule has 8 heteroatoms. The average molecular weight is 306 g/mol. The zero-order chi connectivity index (χ0) is 15.7. The quantitative estimate of drug-likeness (QED) is 0.762. The van der Waals surface area contributed by atoms with Crippen molar-refractivity contribution in [2.45, 2.75) is 38.1 Å². The van der Waals surface area contributed by atoms with Crippen LogP contribution in [0.5, 0.6) is 0 Å². The van der Waals surface area contributed by atoms with Gasteiger partial charge in [0.05, 0.1) is 5.92 Å². The minimum atomic E-state index is -1.14. The van der Waals surface area contributed by atoms with Gasteiger partial charge in [-0.25, -0.2) is 4.79 Å². The number of anilines is 1. The van der Waals surface area contributed by atoms with Crippen LogP contribution in [0.2, 0.25) is 0 Å². The van der Waals surface area contributed by atoms with Crippen LogP contribution in [0.15, 0.2) is 6.07 Å². The summed E-state index contributed by atoms with van der Waals surface area (Å²) in [5, 5.41) is 17.4. The number of carbonyl (C=O) groups is 3. The van der Waals surface area contributed by atoms with Crippen molar-refractivity contribution in [1.29, 1.82) is 0 Å². The highest BCUT2D eigenvalue weighted by Crippen LogP contribution is 2.29. The van der Waals surface area contributed by atoms with Crippen LogP contribution in [0.3, 0.4) is 0 Å². The Morgan fingerprint density at radius 1 is 1.36 bits per heavy atom. The number of likely N-dealkylation sites (tertiary alicyclic amines) is 1. The number of aromatic carboxylic acids is 1. The predicted octanol–water partition coefficient (Wildman–Crippen LogP) is 0.837. The Labute approximate surface area is 126 Å². The fourth-order valence-electron chi connectivity index (χ4n) is 3.20. The van der Waals surface area contributed by atoms with Crippen molar-refractivity contribution in [3.8, 4) is 0 Å². The molecule has 2 aliphatic rings. The van der Waals surface area contributed by atoms with Gasteiger partial charge in [-0.15, -0.1) is 0 Å². The van der Waals surface area contributed by atoms with Crippen molar-refractivity contribution in [2.24, 2.45) is 5.92 Å². The molecule has 0 aromatic carbocycles. The topological polar surface area (TPSA) is 115 Å². The van der Waals surface area contributed by atoms with E-state index in [9.17, 15) is 14.4 Å². The molecule has 1 aliphatic carbocycles. The van der Waals surface area contributed by atoms with Gasteiger partial charge in [0, 0.05) is 25.1 Å². The third-order valence-electron chi connectivity index (χ3n) is 4.35. The van der Waals surface area contributed by atoms with Crippen LogP contribution >= 0.6 is 0 Å². The molecule has 118 valence electrons. The fraction of sp³-hybridized carbons (Fsp3) is 0.571. The van der Waals surface area contributed by atoms with Gasteiger partial charge in [0.1, 0.15) is 5.69 Å². The Morgan fingerprint density at radius 3 is 2.73 bits per heavy atom. The van der Waals surface area contributed by atoms with Gasteiger partial charge in [-0.05, 0) is 12.8 Å². The largest absolute Gasteiger partial charge is 0.477 e. The van der Waals surface area contributed by atoms with E-state index >= 15 is 0 Å². The van der Waals surface area contributed by atoms with Gasteiger partial charge in [0.15, 0.2) is 5.82 Å². The molecule has 1 aromatic rings. The highest BCUT2D eigenvalue weighted by atomic mass is 16.4. The lowest BCUT2D eigenvalue weighted by molar-refractivity contribution is -0.129. The van der Waals surface area contributed by atoms with Gasteiger partial charge in [-0.2, -0.15) is 5.10 Å². The lowest BCUT2D eigenvalue weighted by Gasteiger charge is -2.23. The molecular weight excluding hydrogens is 288 g/mol. The number of nitrogens with one attached hydrogen (secondary N) is 2. The summed E-state index contributed by atoms with van der Waals surface area (Å²) in [4.78, 5) is 36.9. The van der Waals surface area contributed by atoms with Crippen molar-refractivity contribution in [1.82, 2.24) is 15.1 Å². The number of hydrogen-bond acceptors (Lipinski definition) is 4. The Hall–Kier alpha value is -2.38. The number of aromatic amines is 1. The fourth-order valence-corrected chi connectivity index (χ4v) is 3.20. The molecule has 0 radical (unpaired) electrons. The predicted molar refractivity (Wildman–Crippen MR) is 76.3 cm³/mol. The molecule has 1 aliphatic heterocycles. The SMILES string of the molecule is O=C(O)c1cc(NC(=O)C2CC(=O)N(C3CCCC3)C2)n[nH]1. The molecule has 1 atom stereocenters. The van der Waals surface area contributed by atoms with E-state index in [1.165, 1.54) is 6.07 Å². The van der Waals surface area contributed by atoms with E-state index in [0.29, 0.717) is 6.54 Å². The Morgan fingerprint density at radius 2 is 2.09 bits per heavy atom. The summed E-state index contributed by atoms with van der Waals surface area (Å²) in [5.41, 5.74) is -0.0922. The maximum atomic E-state index is 12.2. The highest BCUT2D eigenvalue weighted by Gasteiger charge is 2.38. The monoisotopic (exact) mass is 306 g/mol. The van der Waals surface area contributed by atoms with Crippen molar-refractivity contribution in [3.05, 3.63) is 11.8 Å². The molecule has 0 spiro atoms. The van der Waals surface area contributed by atoms with Crippen LogP contribution in [0.25, 0.3) is 0 Å². The van der Waals surface area contributed by atoms with Gasteiger partial charge in [0.25, 0.3) is 0 Å². The molecule has 1 aromatic heterocycles. The van der Waals surface area contributed by atoms with E-state index in [1.54, 1.807) is 0 Å². The van der Waals surface area contributed by atoms with Crippen molar-refractivity contribution >= 4 is 23.6 Å². The van der Waals surface area contributed by atoms with Crippen LogP contribution < -0.4 is 5.32 Å². The molecule has 0 bridgehead atoms. The first-order valence-electron chi connectivity index (χ1n) is 7.43. The summed E-state index contributed by atoms with van der Waals surface area (Å²) in [6.45, 7) is 0.436. The average Bonchev–Trinajstić information content (AvgIpc) is 3.17. The molecule has 2 heterocycles. The molecule has 22 heavy (non-hydrogen) atoms. The van der Waals surface area contributed by atoms with Crippen LogP contribution in [-0.2, 0) is 9.59 Å². The number of carbonyl (C=O) groups excluding carboxylic acids is 2. The van der Waals surface area contributed by atoms with Crippen LogP contribution in [-0.4, -0.2) is 50.6 Å². The number of rotatable bonds is 4. The molecule has 1 unspecified atom stereocenters. The summed E-state index contributed by atoms with van der Waals surface area (Å²) in [6.07, 6.45) is 4.51. The zero-order valence-electron chi connectivity index (χ0n) is 12.0. The third-order valence-corrected chi connectivity index (χ3v) is 4.35. The van der Waals surface area contributed by atoms with Gasteiger partial charge < -0.3 is 15.3 Å². The van der Waals surface area contributed by atoms with Crippen molar-refractivity contribution in [3.63, 3.8) is 0 Å². The normalized spacial score (nSPS) is 22.3. The first-order chi connectivity index (χ1) is 10.5. The van der Waals surface area contributed by atoms with Crippen molar-refractivity contribution < 1.29 is 19.5 Å². The lowest BCUT2D eigenvalue weighted by Crippen LogP contribution is -2.35. The maximum Gasteiger partial charge on any atom is 0.353 e. The number of nitrogens with zero attached hydrogens (tertiary/aromatic N) is 2. The second-order valence-electron chi connectivity index (χ2n) is 5.85. The van der Waals surface area contributed by atoms with E-state index in [2.05, 4.69) is 15.5 Å². The molecular formula is C14H18N4O4. The summed E-state index contributed by atoms with van der Waals surface area (Å²) in [5.74, 6) is -1.65. The third kappa shape index (κ3) is 2.81. The Balaban J connectivity index is 1.60. The number of H-pyrrole nitrogens is 1. The zero-order valence-corrected chi connectivity index (χ0v) is 12.0. The molecule has 2 fully saturated rings. The number of hydrogen-bond donors (Lipinski definition) is 3. The standard InChI is InChI=1S/C14H18N4O4/c19-12-5-8(7-18(12)9-3-1-2-4-9)13(20)15-11-6-10(14(21)22)16-17-11/h6,8-9H,1-5,7H2,(H,21,22)(H2,15,16,17,20). The van der Waals surface area contributed by atoms with Gasteiger partial charge in [0.2, 0.25) is 11.8 Å². The first kappa shape index (κ1) is 14.6. The summed E-state index contributed by atoms with van der Waals surface area (Å²) in [6, 6.07) is 1.53. The molecule has 3 N–H and O–H groups in total. The molecule has 1 saturated heterocycles. The van der Waals surface area contributed by atoms with Crippen LogP contribution in [0.1, 0.15) is 42.6 Å². The van der Waals surface area contributed by atoms with Gasteiger partial charge >= 0.3 is 5.97 Å². The summed E-state index contributed by atoms with van der Waals surface area (Å²) < 4.78 is 0. The number of carboxylic acid groups (broad SMARTS) is 1. The summed E-state index contributed by atoms with van der Waals surface area (Å²) in [7, 11) is 0. The molecule has 2 amide bonds. The number of carboxylic acids is 1. The Kier molecular flexibility index (Phi) is 3.82. The minimum absolute atomic E-state index is 0.0281. The molecule has 1 saturated carbocycles. The van der Waals surface area contributed by atoms with Crippen LogP contribution in [0, 0.1) is 5.92 Å². The smallest absolute Gasteiger partial charge is 0.353 e. The van der Waals surface area contributed by atoms with E-state index < -0.39 is 11.9 Å². The van der Waals surface area contributed by atoms with E-state index in [-0.39, 0.29) is 35.8 Å². The summed E-state index contributed by atoms with van der Waals surface area (Å²) >= 11 is 0. The van der Waals surface area contributed by atoms with Gasteiger partial charge in [-0.3, -0.25) is 14.7 Å². The highest BCUT2D eigenvalue weighted by molar-refractivity contribution is 5.97. The molecule has 8 nitrogen and oxygen atoms in total.